The first-order valence-electron chi connectivity index (χ1n) is 5.33. The maximum atomic E-state index is 6.00. The molecule has 2 nitrogen and oxygen atoms in total. The Balaban J connectivity index is 2.06. The molecule has 1 fully saturated rings. The van der Waals surface area contributed by atoms with E-state index in [1.807, 2.05) is 24.3 Å². The average molecular weight is 226 g/mol. The van der Waals surface area contributed by atoms with Crippen LogP contribution in [0, 0.1) is 0 Å². The summed E-state index contributed by atoms with van der Waals surface area (Å²) in [6, 6.07) is 7.61. The quantitative estimate of drug-likeness (QED) is 0.836. The van der Waals surface area contributed by atoms with Crippen LogP contribution >= 0.6 is 11.6 Å². The summed E-state index contributed by atoms with van der Waals surface area (Å²) in [5, 5.41) is 4.06. The third kappa shape index (κ3) is 2.86. The van der Waals surface area contributed by atoms with E-state index in [2.05, 4.69) is 12.2 Å². The Hall–Kier alpha value is -0.730. The van der Waals surface area contributed by atoms with Crippen LogP contribution in [0.1, 0.15) is 19.8 Å². The molecule has 0 spiro atoms. The number of nitrogens with one attached hydrogen (secondary N) is 1. The first-order chi connectivity index (χ1) is 7.18. The minimum absolute atomic E-state index is 0.0457. The van der Waals surface area contributed by atoms with Gasteiger partial charge < -0.3 is 10.1 Å². The van der Waals surface area contributed by atoms with Gasteiger partial charge in [0.15, 0.2) is 0 Å². The van der Waals surface area contributed by atoms with Gasteiger partial charge in [-0.2, -0.15) is 0 Å². The summed E-state index contributed by atoms with van der Waals surface area (Å²) in [4.78, 5) is 0. The molecule has 0 radical (unpaired) electrons. The second kappa shape index (κ2) is 4.42. The molecule has 82 valence electrons. The van der Waals surface area contributed by atoms with Gasteiger partial charge in [0.1, 0.15) is 11.4 Å². The van der Waals surface area contributed by atoms with Crippen molar-refractivity contribution in [3.63, 3.8) is 0 Å². The van der Waals surface area contributed by atoms with Crippen molar-refractivity contribution < 1.29 is 4.74 Å². The lowest BCUT2D eigenvalue weighted by atomic mass is 9.94. The minimum Gasteiger partial charge on any atom is -0.487 e. The van der Waals surface area contributed by atoms with Crippen molar-refractivity contribution in [1.82, 2.24) is 5.32 Å². The van der Waals surface area contributed by atoms with E-state index in [4.69, 9.17) is 16.3 Å². The molecule has 3 heteroatoms. The van der Waals surface area contributed by atoms with Crippen molar-refractivity contribution in [3.8, 4) is 5.75 Å². The van der Waals surface area contributed by atoms with Crippen molar-refractivity contribution in [2.45, 2.75) is 25.4 Å². The number of ether oxygens (including phenoxy) is 1. The van der Waals surface area contributed by atoms with Crippen LogP contribution in [0.15, 0.2) is 24.3 Å². The fraction of sp³-hybridized carbons (Fsp3) is 0.500. The van der Waals surface area contributed by atoms with Gasteiger partial charge in [-0.3, -0.25) is 0 Å². The monoisotopic (exact) mass is 225 g/mol. The number of hydrogen-bond donors (Lipinski definition) is 1. The summed E-state index contributed by atoms with van der Waals surface area (Å²) >= 11 is 5.92. The van der Waals surface area contributed by atoms with Gasteiger partial charge in [-0.15, -0.1) is 0 Å². The van der Waals surface area contributed by atoms with E-state index in [0.29, 0.717) is 0 Å². The van der Waals surface area contributed by atoms with E-state index >= 15 is 0 Å². The Morgan fingerprint density at radius 1 is 1.33 bits per heavy atom. The number of hydrogen-bond acceptors (Lipinski definition) is 2. The molecule has 0 aliphatic carbocycles. The van der Waals surface area contributed by atoms with Gasteiger partial charge in [0.05, 0.1) is 0 Å². The number of halogens is 1. The molecule has 1 aliphatic heterocycles. The van der Waals surface area contributed by atoms with Gasteiger partial charge in [-0.05, 0) is 51.1 Å². The number of rotatable bonds is 2. The topological polar surface area (TPSA) is 21.3 Å². The molecule has 0 bridgehead atoms. The predicted octanol–water partition coefficient (Wildman–Crippen LogP) is 2.86. The summed E-state index contributed by atoms with van der Waals surface area (Å²) in [5.41, 5.74) is -0.0457. The van der Waals surface area contributed by atoms with Crippen molar-refractivity contribution in [3.05, 3.63) is 29.3 Å². The Kier molecular flexibility index (Phi) is 3.17. The first kappa shape index (κ1) is 10.8. The van der Waals surface area contributed by atoms with Crippen LogP contribution in [-0.4, -0.2) is 18.7 Å². The lowest BCUT2D eigenvalue weighted by Gasteiger charge is -2.34. The molecular weight excluding hydrogens is 210 g/mol. The zero-order valence-corrected chi connectivity index (χ0v) is 9.68. The maximum absolute atomic E-state index is 6.00. The fourth-order valence-electron chi connectivity index (χ4n) is 1.87. The van der Waals surface area contributed by atoms with E-state index in [0.717, 1.165) is 36.7 Å². The third-order valence-corrected chi connectivity index (χ3v) is 3.06. The van der Waals surface area contributed by atoms with Crippen LogP contribution in [0.4, 0.5) is 0 Å². The summed E-state index contributed by atoms with van der Waals surface area (Å²) in [5.74, 6) is 0.868. The summed E-state index contributed by atoms with van der Waals surface area (Å²) < 4.78 is 6.00. The Morgan fingerprint density at radius 3 is 2.73 bits per heavy atom. The van der Waals surface area contributed by atoms with Crippen LogP contribution in [0.25, 0.3) is 0 Å². The van der Waals surface area contributed by atoms with Crippen molar-refractivity contribution in [2.24, 2.45) is 0 Å². The van der Waals surface area contributed by atoms with E-state index in [1.165, 1.54) is 0 Å². The van der Waals surface area contributed by atoms with E-state index in [1.54, 1.807) is 0 Å². The smallest absolute Gasteiger partial charge is 0.121 e. The molecule has 1 heterocycles. The van der Waals surface area contributed by atoms with Gasteiger partial charge in [-0.1, -0.05) is 17.7 Å². The molecule has 1 aliphatic rings. The Morgan fingerprint density at radius 2 is 2.07 bits per heavy atom. The first-order valence-corrected chi connectivity index (χ1v) is 5.71. The van der Waals surface area contributed by atoms with Crippen LogP contribution in [-0.2, 0) is 0 Å². The lowest BCUT2D eigenvalue weighted by Crippen LogP contribution is -2.43. The molecule has 0 saturated carbocycles. The number of piperidine rings is 1. The normalized spacial score (nSPS) is 19.9. The molecule has 1 aromatic carbocycles. The van der Waals surface area contributed by atoms with Gasteiger partial charge >= 0.3 is 0 Å². The van der Waals surface area contributed by atoms with E-state index in [-0.39, 0.29) is 5.60 Å². The van der Waals surface area contributed by atoms with E-state index in [9.17, 15) is 0 Å². The van der Waals surface area contributed by atoms with Crippen LogP contribution in [0.2, 0.25) is 5.02 Å². The van der Waals surface area contributed by atoms with Gasteiger partial charge in [0, 0.05) is 5.02 Å². The third-order valence-electron chi connectivity index (χ3n) is 2.82. The zero-order valence-electron chi connectivity index (χ0n) is 8.92. The highest BCUT2D eigenvalue weighted by Gasteiger charge is 2.28. The summed E-state index contributed by atoms with van der Waals surface area (Å²) in [6.07, 6.45) is 2.08. The highest BCUT2D eigenvalue weighted by atomic mass is 35.5. The molecular formula is C12H16ClNO. The molecule has 0 atom stereocenters. The predicted molar refractivity (Wildman–Crippen MR) is 62.6 cm³/mol. The molecule has 0 aromatic heterocycles. The van der Waals surface area contributed by atoms with Gasteiger partial charge in [-0.25, -0.2) is 0 Å². The Bertz CT molecular complexity index is 334. The van der Waals surface area contributed by atoms with Crippen molar-refractivity contribution in [2.75, 3.05) is 13.1 Å². The molecule has 0 unspecified atom stereocenters. The largest absolute Gasteiger partial charge is 0.487 e. The molecule has 0 amide bonds. The lowest BCUT2D eigenvalue weighted by molar-refractivity contribution is 0.0556. The minimum atomic E-state index is -0.0457. The molecule has 1 saturated heterocycles. The highest BCUT2D eigenvalue weighted by Crippen LogP contribution is 2.27. The zero-order chi connectivity index (χ0) is 10.7. The van der Waals surface area contributed by atoms with Crippen molar-refractivity contribution in [1.29, 1.82) is 0 Å². The Labute approximate surface area is 95.6 Å². The SMILES string of the molecule is CC1(Oc2cccc(Cl)c2)CCNCC1. The van der Waals surface area contributed by atoms with Crippen molar-refractivity contribution >= 4 is 11.6 Å². The molecule has 2 rings (SSSR count). The highest BCUT2D eigenvalue weighted by molar-refractivity contribution is 6.30. The van der Waals surface area contributed by atoms with E-state index < -0.39 is 0 Å². The van der Waals surface area contributed by atoms with Gasteiger partial charge in [0.2, 0.25) is 0 Å². The summed E-state index contributed by atoms with van der Waals surface area (Å²) in [6.45, 7) is 4.21. The second-order valence-electron chi connectivity index (χ2n) is 4.26. The summed E-state index contributed by atoms with van der Waals surface area (Å²) in [7, 11) is 0. The molecule has 15 heavy (non-hydrogen) atoms. The maximum Gasteiger partial charge on any atom is 0.121 e. The second-order valence-corrected chi connectivity index (χ2v) is 4.70. The molecule has 1 aromatic rings. The van der Waals surface area contributed by atoms with Crippen LogP contribution < -0.4 is 10.1 Å². The van der Waals surface area contributed by atoms with Gasteiger partial charge in [0.25, 0.3) is 0 Å². The molecule has 1 N–H and O–H groups in total. The fourth-order valence-corrected chi connectivity index (χ4v) is 2.05. The number of benzene rings is 1. The van der Waals surface area contributed by atoms with Crippen LogP contribution in [0.5, 0.6) is 5.75 Å². The average Bonchev–Trinajstić information content (AvgIpc) is 2.18. The van der Waals surface area contributed by atoms with Crippen LogP contribution in [0.3, 0.4) is 0 Å². The standard InChI is InChI=1S/C12H16ClNO/c1-12(5-7-14-8-6-12)15-11-4-2-3-10(13)9-11/h2-4,9,14H,5-8H2,1H3.